The Labute approximate surface area is 191 Å². The Balaban J connectivity index is 1.92. The zero-order chi connectivity index (χ0) is 24.6. The van der Waals surface area contributed by atoms with Gasteiger partial charge in [-0.3, -0.25) is 9.36 Å². The van der Waals surface area contributed by atoms with Crippen LogP contribution >= 0.6 is 0 Å². The first-order valence-electron chi connectivity index (χ1n) is 10.4. The average Bonchev–Trinajstić information content (AvgIpc) is 3.42. The first kappa shape index (κ1) is 23.1. The topological polar surface area (TPSA) is 114 Å². The molecule has 10 nitrogen and oxygen atoms in total. The van der Waals surface area contributed by atoms with Crippen molar-refractivity contribution < 1.29 is 22.7 Å². The van der Waals surface area contributed by atoms with E-state index in [1.165, 1.54) is 18.0 Å². The molecule has 0 aliphatic rings. The van der Waals surface area contributed by atoms with Crippen molar-refractivity contribution in [3.05, 3.63) is 74.8 Å². The van der Waals surface area contributed by atoms with Gasteiger partial charge in [0.25, 0.3) is 5.56 Å². The Morgan fingerprint density at radius 1 is 1.24 bits per heavy atom. The molecule has 4 rings (SSSR count). The van der Waals surface area contributed by atoms with Gasteiger partial charge in [-0.05, 0) is 24.5 Å². The van der Waals surface area contributed by atoms with Crippen molar-refractivity contribution in [3.8, 4) is 5.69 Å². The van der Waals surface area contributed by atoms with Crippen molar-refractivity contribution in [2.75, 3.05) is 7.11 Å². The van der Waals surface area contributed by atoms with Crippen molar-refractivity contribution in [2.24, 2.45) is 5.92 Å². The molecule has 178 valence electrons. The van der Waals surface area contributed by atoms with Crippen LogP contribution in [0.15, 0.2) is 44.8 Å². The van der Waals surface area contributed by atoms with Gasteiger partial charge in [0.1, 0.15) is 24.4 Å². The highest BCUT2D eigenvalue weighted by atomic mass is 19.1. The molecule has 0 aliphatic heterocycles. The molecule has 34 heavy (non-hydrogen) atoms. The molecule has 0 fully saturated rings. The van der Waals surface area contributed by atoms with Crippen LogP contribution in [0, 0.1) is 17.6 Å². The number of benzene rings is 1. The zero-order valence-corrected chi connectivity index (χ0v) is 18.6. The number of oxazole rings is 1. The SMILES string of the molecule is COC(=O)c1coc(Cn2cnc3c2c(=O)n(CCC(C)C)c(=O)n3-c2ccc(F)cc2F)n1. The van der Waals surface area contributed by atoms with Crippen molar-refractivity contribution in [2.45, 2.75) is 33.4 Å². The summed E-state index contributed by atoms with van der Waals surface area (Å²) in [7, 11) is 1.20. The van der Waals surface area contributed by atoms with Crippen LogP contribution in [0.5, 0.6) is 0 Å². The van der Waals surface area contributed by atoms with E-state index in [0.29, 0.717) is 12.5 Å². The number of fused-ring (bicyclic) bond motifs is 1. The maximum absolute atomic E-state index is 14.7. The van der Waals surface area contributed by atoms with Crippen molar-refractivity contribution in [1.29, 1.82) is 0 Å². The van der Waals surface area contributed by atoms with Gasteiger partial charge in [0.2, 0.25) is 5.89 Å². The lowest BCUT2D eigenvalue weighted by Gasteiger charge is -2.14. The second-order valence-corrected chi connectivity index (χ2v) is 8.02. The number of nitrogens with zero attached hydrogens (tertiary/aromatic N) is 5. The van der Waals surface area contributed by atoms with E-state index < -0.39 is 28.9 Å². The molecule has 0 saturated carbocycles. The summed E-state index contributed by atoms with van der Waals surface area (Å²) < 4.78 is 41.4. The highest BCUT2D eigenvalue weighted by Crippen LogP contribution is 2.18. The molecule has 0 bridgehead atoms. The van der Waals surface area contributed by atoms with E-state index in [1.807, 2.05) is 13.8 Å². The van der Waals surface area contributed by atoms with Crippen LogP contribution in [-0.4, -0.2) is 36.7 Å². The molecular formula is C22H21F2N5O5. The van der Waals surface area contributed by atoms with Gasteiger partial charge >= 0.3 is 11.7 Å². The predicted molar refractivity (Wildman–Crippen MR) is 116 cm³/mol. The normalized spacial score (nSPS) is 11.5. The number of aromatic nitrogens is 5. The Morgan fingerprint density at radius 3 is 2.68 bits per heavy atom. The minimum Gasteiger partial charge on any atom is -0.464 e. The minimum atomic E-state index is -0.984. The van der Waals surface area contributed by atoms with E-state index in [9.17, 15) is 23.2 Å². The predicted octanol–water partition coefficient (Wildman–Crippen LogP) is 2.50. The monoisotopic (exact) mass is 473 g/mol. The maximum Gasteiger partial charge on any atom is 0.360 e. The number of hydrogen-bond acceptors (Lipinski definition) is 7. The summed E-state index contributed by atoms with van der Waals surface area (Å²) in [4.78, 5) is 46.4. The lowest BCUT2D eigenvalue weighted by atomic mass is 10.1. The highest BCUT2D eigenvalue weighted by Gasteiger charge is 2.22. The van der Waals surface area contributed by atoms with Gasteiger partial charge in [-0.2, -0.15) is 0 Å². The molecule has 0 atom stereocenters. The molecular weight excluding hydrogens is 452 g/mol. The van der Waals surface area contributed by atoms with Crippen molar-refractivity contribution in [3.63, 3.8) is 0 Å². The van der Waals surface area contributed by atoms with Gasteiger partial charge in [-0.25, -0.2) is 32.9 Å². The highest BCUT2D eigenvalue weighted by molar-refractivity contribution is 5.86. The van der Waals surface area contributed by atoms with E-state index in [4.69, 9.17) is 4.42 Å². The number of ether oxygens (including phenoxy) is 1. The third-order valence-electron chi connectivity index (χ3n) is 5.23. The third kappa shape index (κ3) is 4.14. The van der Waals surface area contributed by atoms with Crippen LogP contribution < -0.4 is 11.2 Å². The summed E-state index contributed by atoms with van der Waals surface area (Å²) in [6.07, 6.45) is 2.91. The van der Waals surface area contributed by atoms with E-state index in [0.717, 1.165) is 27.5 Å². The second kappa shape index (κ2) is 9.04. The number of carbonyl (C=O) groups is 1. The van der Waals surface area contributed by atoms with Gasteiger partial charge in [0.05, 0.1) is 19.1 Å². The Bertz CT molecular complexity index is 1500. The number of carbonyl (C=O) groups excluding carboxylic acids is 1. The smallest absolute Gasteiger partial charge is 0.360 e. The number of methoxy groups -OCH3 is 1. The van der Waals surface area contributed by atoms with Crippen LogP contribution in [0.4, 0.5) is 8.78 Å². The largest absolute Gasteiger partial charge is 0.464 e. The number of halogens is 2. The number of esters is 1. The Morgan fingerprint density at radius 2 is 2.00 bits per heavy atom. The second-order valence-electron chi connectivity index (χ2n) is 8.02. The van der Waals surface area contributed by atoms with E-state index in [2.05, 4.69) is 14.7 Å². The number of imidazole rings is 1. The van der Waals surface area contributed by atoms with E-state index in [-0.39, 0.29) is 47.4 Å². The Kier molecular flexibility index (Phi) is 6.14. The van der Waals surface area contributed by atoms with E-state index in [1.54, 1.807) is 0 Å². The summed E-state index contributed by atoms with van der Waals surface area (Å²) >= 11 is 0. The Hall–Kier alpha value is -4.09. The fraction of sp³-hybridized carbons (Fsp3) is 0.318. The first-order valence-corrected chi connectivity index (χ1v) is 10.4. The summed E-state index contributed by atoms with van der Waals surface area (Å²) in [5.41, 5.74) is -1.84. The summed E-state index contributed by atoms with van der Waals surface area (Å²) in [5, 5.41) is 0. The lowest BCUT2D eigenvalue weighted by molar-refractivity contribution is 0.0594. The quantitative estimate of drug-likeness (QED) is 0.379. The fourth-order valence-electron chi connectivity index (χ4n) is 3.49. The summed E-state index contributed by atoms with van der Waals surface area (Å²) in [5.74, 6) is -2.22. The molecule has 0 aliphatic carbocycles. The van der Waals surface area contributed by atoms with Crippen LogP contribution in [0.1, 0.15) is 36.6 Å². The molecule has 0 unspecified atom stereocenters. The van der Waals surface area contributed by atoms with Gasteiger partial charge in [0.15, 0.2) is 16.9 Å². The number of rotatable bonds is 7. The first-order chi connectivity index (χ1) is 16.2. The van der Waals surface area contributed by atoms with Gasteiger partial charge in [-0.1, -0.05) is 13.8 Å². The molecule has 3 aromatic heterocycles. The molecule has 12 heteroatoms. The molecule has 0 N–H and O–H groups in total. The van der Waals surface area contributed by atoms with Gasteiger partial charge in [-0.15, -0.1) is 0 Å². The maximum atomic E-state index is 14.7. The van der Waals surface area contributed by atoms with Crippen molar-refractivity contribution in [1.82, 2.24) is 23.7 Å². The van der Waals surface area contributed by atoms with Crippen LogP contribution in [-0.2, 0) is 17.8 Å². The average molecular weight is 473 g/mol. The summed E-state index contributed by atoms with van der Waals surface area (Å²) in [6, 6.07) is 2.77. The number of hydrogen-bond donors (Lipinski definition) is 0. The van der Waals surface area contributed by atoms with Crippen LogP contribution in [0.3, 0.4) is 0 Å². The van der Waals surface area contributed by atoms with E-state index >= 15 is 0 Å². The minimum absolute atomic E-state index is 0.00935. The molecule has 0 radical (unpaired) electrons. The standard InChI is InChI=1S/C22H21F2N5O5/c1-12(2)6-7-28-20(30)18-19(29(22(28)32)16-5-4-13(23)8-14(16)24)25-11-27(18)9-17-26-15(10-34-17)21(31)33-3/h4-5,8,10-12H,6-7,9H2,1-3H3. The van der Waals surface area contributed by atoms with Gasteiger partial charge < -0.3 is 13.7 Å². The van der Waals surface area contributed by atoms with Crippen molar-refractivity contribution >= 4 is 17.1 Å². The third-order valence-corrected chi connectivity index (χ3v) is 5.23. The van der Waals surface area contributed by atoms with Gasteiger partial charge in [0, 0.05) is 12.6 Å². The molecule has 4 aromatic rings. The lowest BCUT2D eigenvalue weighted by Crippen LogP contribution is -2.40. The molecule has 3 heterocycles. The van der Waals surface area contributed by atoms with Crippen LogP contribution in [0.2, 0.25) is 0 Å². The molecule has 1 aromatic carbocycles. The summed E-state index contributed by atoms with van der Waals surface area (Å²) in [6.45, 7) is 3.86. The molecule has 0 saturated heterocycles. The molecule has 0 amide bonds. The molecule has 0 spiro atoms. The van der Waals surface area contributed by atoms with Crippen LogP contribution in [0.25, 0.3) is 16.9 Å². The zero-order valence-electron chi connectivity index (χ0n) is 18.6. The fourth-order valence-corrected chi connectivity index (χ4v) is 3.49.